The summed E-state index contributed by atoms with van der Waals surface area (Å²) in [5.41, 5.74) is 5.71. The van der Waals surface area contributed by atoms with Gasteiger partial charge in [0.05, 0.1) is 16.0 Å². The molecule has 88 valence electrons. The molecule has 1 aromatic heterocycles. The molecular formula is C10H10N4O2S. The Morgan fingerprint density at radius 3 is 2.76 bits per heavy atom. The summed E-state index contributed by atoms with van der Waals surface area (Å²) in [6, 6.07) is 4.68. The third-order valence-electron chi connectivity index (χ3n) is 2.11. The number of aryl methyl sites for hydroxylation is 1. The Bertz CT molecular complexity index is 567. The van der Waals surface area contributed by atoms with Crippen LogP contribution in [0.2, 0.25) is 0 Å². The van der Waals surface area contributed by atoms with E-state index in [1.54, 1.807) is 23.0 Å². The van der Waals surface area contributed by atoms with Crippen molar-refractivity contribution >= 4 is 23.1 Å². The molecule has 0 saturated heterocycles. The smallest absolute Gasteiger partial charge is 0.292 e. The van der Waals surface area contributed by atoms with Crippen molar-refractivity contribution in [2.45, 2.75) is 9.79 Å². The maximum atomic E-state index is 10.6. The lowest BCUT2D eigenvalue weighted by Gasteiger charge is -2.01. The van der Waals surface area contributed by atoms with Gasteiger partial charge in [-0.15, -0.1) is 0 Å². The molecule has 0 aliphatic carbocycles. The fraction of sp³-hybridized carbons (Fsp3) is 0.100. The van der Waals surface area contributed by atoms with E-state index in [1.165, 1.54) is 17.8 Å². The van der Waals surface area contributed by atoms with E-state index in [-0.39, 0.29) is 11.4 Å². The van der Waals surface area contributed by atoms with Gasteiger partial charge in [-0.3, -0.25) is 14.8 Å². The van der Waals surface area contributed by atoms with Crippen LogP contribution in [0.3, 0.4) is 0 Å². The number of nitrogens with two attached hydrogens (primary N) is 1. The second-order valence-corrected chi connectivity index (χ2v) is 4.58. The molecule has 0 radical (unpaired) electrons. The molecule has 0 spiro atoms. The summed E-state index contributed by atoms with van der Waals surface area (Å²) in [6.07, 6.45) is 3.59. The monoisotopic (exact) mass is 250 g/mol. The van der Waals surface area contributed by atoms with Crippen molar-refractivity contribution < 1.29 is 4.92 Å². The van der Waals surface area contributed by atoms with Crippen LogP contribution in [0.25, 0.3) is 0 Å². The van der Waals surface area contributed by atoms with Crippen LogP contribution in [-0.4, -0.2) is 14.7 Å². The first kappa shape index (κ1) is 11.5. The van der Waals surface area contributed by atoms with Crippen LogP contribution in [0.5, 0.6) is 0 Å². The fourth-order valence-electron chi connectivity index (χ4n) is 1.35. The lowest BCUT2D eigenvalue weighted by molar-refractivity contribution is -0.383. The molecule has 0 amide bonds. The molecule has 17 heavy (non-hydrogen) atoms. The zero-order valence-electron chi connectivity index (χ0n) is 9.03. The van der Waals surface area contributed by atoms with Crippen molar-refractivity contribution in [3.05, 3.63) is 40.7 Å². The molecule has 2 aromatic rings. The molecule has 1 heterocycles. The fourth-order valence-corrected chi connectivity index (χ4v) is 2.25. The van der Waals surface area contributed by atoms with E-state index in [4.69, 9.17) is 5.73 Å². The lowest BCUT2D eigenvalue weighted by atomic mass is 10.3. The Balaban J connectivity index is 2.23. The highest BCUT2D eigenvalue weighted by Gasteiger charge is 2.11. The number of rotatable bonds is 3. The van der Waals surface area contributed by atoms with Gasteiger partial charge in [-0.1, -0.05) is 11.8 Å². The molecule has 6 nitrogen and oxygen atoms in total. The molecule has 0 aliphatic rings. The molecule has 0 bridgehead atoms. The molecule has 2 rings (SSSR count). The largest absolute Gasteiger partial charge is 0.393 e. The molecule has 0 fully saturated rings. The highest BCUT2D eigenvalue weighted by atomic mass is 32.2. The first-order chi connectivity index (χ1) is 8.06. The number of nitrogens with zero attached hydrogens (tertiary/aromatic N) is 3. The van der Waals surface area contributed by atoms with Crippen LogP contribution in [0.15, 0.2) is 40.4 Å². The number of nitro benzene ring substituents is 1. The van der Waals surface area contributed by atoms with E-state index in [0.717, 1.165) is 9.79 Å². The second-order valence-electron chi connectivity index (χ2n) is 3.43. The van der Waals surface area contributed by atoms with E-state index in [0.29, 0.717) is 0 Å². The summed E-state index contributed by atoms with van der Waals surface area (Å²) in [4.78, 5) is 11.9. The number of hydrogen-bond donors (Lipinski definition) is 1. The molecule has 1 aromatic carbocycles. The molecule has 7 heteroatoms. The van der Waals surface area contributed by atoms with Crippen LogP contribution in [-0.2, 0) is 7.05 Å². The van der Waals surface area contributed by atoms with Gasteiger partial charge >= 0.3 is 0 Å². The Kier molecular flexibility index (Phi) is 3.01. The minimum atomic E-state index is -0.492. The van der Waals surface area contributed by atoms with E-state index < -0.39 is 4.92 Å². The van der Waals surface area contributed by atoms with Gasteiger partial charge in [0.1, 0.15) is 5.69 Å². The van der Waals surface area contributed by atoms with Crippen LogP contribution < -0.4 is 5.73 Å². The normalized spacial score (nSPS) is 10.4. The number of nitro groups is 1. The Labute approximate surface area is 102 Å². The SMILES string of the molecule is Cn1cc(Sc2ccc([N+](=O)[O-])c(N)c2)cn1. The van der Waals surface area contributed by atoms with Gasteiger partial charge in [-0.25, -0.2) is 0 Å². The first-order valence-corrected chi connectivity index (χ1v) is 5.58. The highest BCUT2D eigenvalue weighted by molar-refractivity contribution is 7.99. The summed E-state index contributed by atoms with van der Waals surface area (Å²) in [5.74, 6) is 0. The average molecular weight is 250 g/mol. The summed E-state index contributed by atoms with van der Waals surface area (Å²) < 4.78 is 1.69. The van der Waals surface area contributed by atoms with Crippen LogP contribution in [0.1, 0.15) is 0 Å². The molecule has 0 aliphatic heterocycles. The maximum absolute atomic E-state index is 10.6. The molecular weight excluding hydrogens is 240 g/mol. The summed E-state index contributed by atoms with van der Waals surface area (Å²) in [6.45, 7) is 0. The third kappa shape index (κ3) is 2.56. The van der Waals surface area contributed by atoms with Gasteiger partial charge in [0, 0.05) is 24.2 Å². The van der Waals surface area contributed by atoms with Crippen molar-refractivity contribution in [1.82, 2.24) is 9.78 Å². The zero-order valence-corrected chi connectivity index (χ0v) is 9.85. The topological polar surface area (TPSA) is 87.0 Å². The van der Waals surface area contributed by atoms with Crippen molar-refractivity contribution in [1.29, 1.82) is 0 Å². The standard InChI is InChI=1S/C10H10N4O2S/c1-13-6-8(5-12-13)17-7-2-3-10(14(15)16)9(11)4-7/h2-6H,11H2,1H3. The Morgan fingerprint density at radius 2 is 2.24 bits per heavy atom. The van der Waals surface area contributed by atoms with Gasteiger partial charge in [-0.2, -0.15) is 5.10 Å². The van der Waals surface area contributed by atoms with Crippen molar-refractivity contribution in [2.24, 2.45) is 7.05 Å². The Morgan fingerprint density at radius 1 is 1.47 bits per heavy atom. The summed E-state index contributed by atoms with van der Waals surface area (Å²) in [5, 5.41) is 14.6. The van der Waals surface area contributed by atoms with Crippen LogP contribution in [0, 0.1) is 10.1 Å². The molecule has 0 unspecified atom stereocenters. The van der Waals surface area contributed by atoms with E-state index in [2.05, 4.69) is 5.10 Å². The average Bonchev–Trinajstić information content (AvgIpc) is 2.63. The van der Waals surface area contributed by atoms with Gasteiger partial charge < -0.3 is 5.73 Å². The zero-order chi connectivity index (χ0) is 12.4. The lowest BCUT2D eigenvalue weighted by Crippen LogP contribution is -1.95. The maximum Gasteiger partial charge on any atom is 0.292 e. The number of benzene rings is 1. The second kappa shape index (κ2) is 4.46. The number of aromatic nitrogens is 2. The molecule has 0 saturated carbocycles. The van der Waals surface area contributed by atoms with E-state index in [1.807, 2.05) is 13.2 Å². The third-order valence-corrected chi connectivity index (χ3v) is 3.05. The first-order valence-electron chi connectivity index (χ1n) is 4.76. The van der Waals surface area contributed by atoms with Gasteiger partial charge in [0.25, 0.3) is 5.69 Å². The summed E-state index contributed by atoms with van der Waals surface area (Å²) >= 11 is 1.46. The van der Waals surface area contributed by atoms with Crippen LogP contribution in [0.4, 0.5) is 11.4 Å². The molecule has 0 atom stereocenters. The van der Waals surface area contributed by atoms with Gasteiger partial charge in [0.2, 0.25) is 0 Å². The quantitative estimate of drug-likeness (QED) is 0.512. The van der Waals surface area contributed by atoms with Crippen molar-refractivity contribution in [3.8, 4) is 0 Å². The number of anilines is 1. The Hall–Kier alpha value is -2.02. The predicted octanol–water partition coefficient (Wildman–Crippen LogP) is 2.06. The number of hydrogen-bond acceptors (Lipinski definition) is 5. The van der Waals surface area contributed by atoms with E-state index in [9.17, 15) is 10.1 Å². The van der Waals surface area contributed by atoms with E-state index >= 15 is 0 Å². The van der Waals surface area contributed by atoms with Gasteiger partial charge in [-0.05, 0) is 12.1 Å². The van der Waals surface area contributed by atoms with Gasteiger partial charge in [0.15, 0.2) is 0 Å². The summed E-state index contributed by atoms with van der Waals surface area (Å²) in [7, 11) is 1.83. The van der Waals surface area contributed by atoms with Crippen molar-refractivity contribution in [3.63, 3.8) is 0 Å². The van der Waals surface area contributed by atoms with Crippen molar-refractivity contribution in [2.75, 3.05) is 5.73 Å². The van der Waals surface area contributed by atoms with Crippen LogP contribution >= 0.6 is 11.8 Å². The minimum absolute atomic E-state index is 0.0689. The highest BCUT2D eigenvalue weighted by Crippen LogP contribution is 2.31. The molecule has 2 N–H and O–H groups in total. The number of nitrogen functional groups attached to an aromatic ring is 1. The minimum Gasteiger partial charge on any atom is -0.393 e. The predicted molar refractivity (Wildman–Crippen MR) is 64.8 cm³/mol.